The molecule has 0 unspecified atom stereocenters. The summed E-state index contributed by atoms with van der Waals surface area (Å²) in [7, 11) is 0. The number of carboxylic acids is 1. The van der Waals surface area contributed by atoms with Crippen LogP contribution in [0, 0.1) is 5.92 Å². The number of hydrogen-bond donors (Lipinski definition) is 2. The van der Waals surface area contributed by atoms with Gasteiger partial charge in [-0.3, -0.25) is 0 Å². The lowest BCUT2D eigenvalue weighted by Crippen LogP contribution is -1.98. The van der Waals surface area contributed by atoms with E-state index in [4.69, 9.17) is 9.72 Å². The van der Waals surface area contributed by atoms with Gasteiger partial charge in [-0.25, -0.2) is 9.78 Å². The number of carboxylic acid groups (broad SMARTS) is 1. The molecule has 2 aromatic heterocycles. The number of aromatic nitrogens is 3. The van der Waals surface area contributed by atoms with Crippen molar-refractivity contribution in [1.82, 2.24) is 14.5 Å². The molecule has 33 heavy (non-hydrogen) atoms. The normalized spacial score (nSPS) is 13.8. The summed E-state index contributed by atoms with van der Waals surface area (Å²) in [5.74, 6) is 1.54. The number of nitrogens with one attached hydrogen (secondary N) is 1. The average Bonchev–Trinajstić information content (AvgIpc) is 3.46. The molecule has 1 saturated carbocycles. The Bertz CT molecular complexity index is 1520. The molecule has 2 heterocycles. The Hall–Kier alpha value is -3.80. The third-order valence-corrected chi connectivity index (χ3v) is 6.65. The molecular weight excluding hydrogens is 414 g/mol. The van der Waals surface area contributed by atoms with Gasteiger partial charge < -0.3 is 19.4 Å². The molecular formula is C27H25N3O3. The molecule has 0 amide bonds. The van der Waals surface area contributed by atoms with E-state index in [1.807, 2.05) is 0 Å². The first-order chi connectivity index (χ1) is 16.1. The fourth-order valence-electron chi connectivity index (χ4n) is 4.69. The van der Waals surface area contributed by atoms with Crippen molar-refractivity contribution in [2.45, 2.75) is 32.7 Å². The second-order valence-corrected chi connectivity index (χ2v) is 8.86. The number of nitrogens with zero attached hydrogens (tertiary/aromatic N) is 2. The van der Waals surface area contributed by atoms with Gasteiger partial charge in [0.05, 0.1) is 23.2 Å². The predicted octanol–water partition coefficient (Wildman–Crippen LogP) is 6.23. The van der Waals surface area contributed by atoms with Gasteiger partial charge in [0, 0.05) is 33.9 Å². The molecule has 0 atom stereocenters. The molecule has 1 aliphatic rings. The molecule has 0 bridgehead atoms. The Morgan fingerprint density at radius 2 is 1.88 bits per heavy atom. The molecule has 5 aromatic rings. The molecule has 3 aromatic carbocycles. The number of carbonyl (C=O) groups is 1. The van der Waals surface area contributed by atoms with E-state index < -0.39 is 5.97 Å². The van der Waals surface area contributed by atoms with Crippen molar-refractivity contribution in [3.05, 3.63) is 60.2 Å². The second kappa shape index (κ2) is 7.66. The SMILES string of the molecule is CCn1c2ccc(OCCC3CC3)cc2c2cc(-c3nc4ccc(C(=O)O)cc4[nH]3)ccc21. The van der Waals surface area contributed by atoms with Crippen LogP contribution < -0.4 is 4.74 Å². The van der Waals surface area contributed by atoms with Gasteiger partial charge in [0.25, 0.3) is 0 Å². The summed E-state index contributed by atoms with van der Waals surface area (Å²) in [6, 6.07) is 17.7. The molecule has 1 aliphatic carbocycles. The first-order valence-corrected chi connectivity index (χ1v) is 11.5. The third kappa shape index (κ3) is 3.52. The number of aromatic amines is 1. The summed E-state index contributed by atoms with van der Waals surface area (Å²) >= 11 is 0. The van der Waals surface area contributed by atoms with Gasteiger partial charge in [-0.1, -0.05) is 12.8 Å². The quantitative estimate of drug-likeness (QED) is 0.315. The van der Waals surface area contributed by atoms with E-state index in [9.17, 15) is 9.90 Å². The Morgan fingerprint density at radius 3 is 2.64 bits per heavy atom. The van der Waals surface area contributed by atoms with Crippen molar-refractivity contribution in [2.24, 2.45) is 5.92 Å². The Labute approximate surface area is 190 Å². The lowest BCUT2D eigenvalue weighted by molar-refractivity contribution is 0.0697. The fourth-order valence-corrected chi connectivity index (χ4v) is 4.69. The number of fused-ring (bicyclic) bond motifs is 4. The first kappa shape index (κ1) is 19.9. The van der Waals surface area contributed by atoms with Gasteiger partial charge >= 0.3 is 5.97 Å². The minimum Gasteiger partial charge on any atom is -0.494 e. The monoisotopic (exact) mass is 439 g/mol. The molecule has 6 nitrogen and oxygen atoms in total. The second-order valence-electron chi connectivity index (χ2n) is 8.86. The van der Waals surface area contributed by atoms with Crippen LogP contribution in [0.4, 0.5) is 0 Å². The molecule has 6 heteroatoms. The van der Waals surface area contributed by atoms with E-state index in [1.165, 1.54) is 29.3 Å². The third-order valence-electron chi connectivity index (χ3n) is 6.65. The van der Waals surface area contributed by atoms with Crippen molar-refractivity contribution in [3.8, 4) is 17.1 Å². The molecule has 166 valence electrons. The van der Waals surface area contributed by atoms with Gasteiger partial charge in [0.15, 0.2) is 0 Å². The van der Waals surface area contributed by atoms with Crippen molar-refractivity contribution in [2.75, 3.05) is 6.61 Å². The lowest BCUT2D eigenvalue weighted by atomic mass is 10.1. The molecule has 2 N–H and O–H groups in total. The van der Waals surface area contributed by atoms with Crippen LogP contribution >= 0.6 is 0 Å². The molecule has 0 spiro atoms. The Morgan fingerprint density at radius 1 is 1.09 bits per heavy atom. The Balaban J connectivity index is 1.43. The van der Waals surface area contributed by atoms with Gasteiger partial charge in [0.2, 0.25) is 0 Å². The zero-order valence-corrected chi connectivity index (χ0v) is 18.5. The minimum atomic E-state index is -0.947. The van der Waals surface area contributed by atoms with Gasteiger partial charge in [-0.15, -0.1) is 0 Å². The van der Waals surface area contributed by atoms with E-state index in [0.29, 0.717) is 5.52 Å². The minimum absolute atomic E-state index is 0.244. The van der Waals surface area contributed by atoms with E-state index in [0.717, 1.165) is 53.5 Å². The average molecular weight is 440 g/mol. The Kier molecular flexibility index (Phi) is 4.61. The summed E-state index contributed by atoms with van der Waals surface area (Å²) in [6.07, 6.45) is 3.82. The van der Waals surface area contributed by atoms with E-state index in [-0.39, 0.29) is 5.56 Å². The number of aromatic carboxylic acids is 1. The van der Waals surface area contributed by atoms with Crippen molar-refractivity contribution >= 4 is 38.8 Å². The number of hydrogen-bond acceptors (Lipinski definition) is 3. The molecule has 1 fully saturated rings. The van der Waals surface area contributed by atoms with E-state index in [1.54, 1.807) is 18.2 Å². The number of aryl methyl sites for hydroxylation is 1. The fraction of sp³-hybridized carbons (Fsp3) is 0.259. The standard InChI is InChI=1S/C27H25N3O3/c1-2-30-24-9-6-17(26-28-22-8-5-18(27(31)32)14-23(22)29-26)13-20(24)21-15-19(7-10-25(21)30)33-12-11-16-3-4-16/h5-10,13-16H,2-4,11-12H2,1H3,(H,28,29)(H,31,32). The summed E-state index contributed by atoms with van der Waals surface area (Å²) < 4.78 is 8.39. The molecule has 6 rings (SSSR count). The zero-order chi connectivity index (χ0) is 22.5. The smallest absolute Gasteiger partial charge is 0.335 e. The highest BCUT2D eigenvalue weighted by atomic mass is 16.5. The predicted molar refractivity (Wildman–Crippen MR) is 130 cm³/mol. The maximum absolute atomic E-state index is 11.3. The van der Waals surface area contributed by atoms with Crippen LogP contribution in [-0.2, 0) is 6.54 Å². The van der Waals surface area contributed by atoms with Gasteiger partial charge in [0.1, 0.15) is 11.6 Å². The van der Waals surface area contributed by atoms with Crippen molar-refractivity contribution in [3.63, 3.8) is 0 Å². The van der Waals surface area contributed by atoms with Crippen LogP contribution in [0.25, 0.3) is 44.2 Å². The van der Waals surface area contributed by atoms with E-state index in [2.05, 4.69) is 52.9 Å². The lowest BCUT2D eigenvalue weighted by Gasteiger charge is -2.06. The van der Waals surface area contributed by atoms with Crippen molar-refractivity contribution in [1.29, 1.82) is 0 Å². The molecule has 0 radical (unpaired) electrons. The van der Waals surface area contributed by atoms with Crippen LogP contribution in [0.2, 0.25) is 0 Å². The largest absolute Gasteiger partial charge is 0.494 e. The summed E-state index contributed by atoms with van der Waals surface area (Å²) in [6.45, 7) is 3.81. The number of imidazole rings is 1. The zero-order valence-electron chi connectivity index (χ0n) is 18.5. The van der Waals surface area contributed by atoms with Crippen LogP contribution in [0.5, 0.6) is 5.75 Å². The summed E-state index contributed by atoms with van der Waals surface area (Å²) in [4.78, 5) is 19.3. The number of ether oxygens (including phenoxy) is 1. The highest BCUT2D eigenvalue weighted by Gasteiger charge is 2.21. The topological polar surface area (TPSA) is 80.1 Å². The maximum Gasteiger partial charge on any atom is 0.335 e. The summed E-state index contributed by atoms with van der Waals surface area (Å²) in [5.41, 5.74) is 5.04. The van der Waals surface area contributed by atoms with E-state index >= 15 is 0 Å². The maximum atomic E-state index is 11.3. The van der Waals surface area contributed by atoms with Gasteiger partial charge in [-0.05, 0) is 73.9 Å². The molecule has 0 saturated heterocycles. The highest BCUT2D eigenvalue weighted by Crippen LogP contribution is 2.35. The van der Waals surface area contributed by atoms with Crippen molar-refractivity contribution < 1.29 is 14.6 Å². The highest BCUT2D eigenvalue weighted by molar-refractivity contribution is 6.09. The van der Waals surface area contributed by atoms with Gasteiger partial charge in [-0.2, -0.15) is 0 Å². The van der Waals surface area contributed by atoms with Crippen LogP contribution in [0.15, 0.2) is 54.6 Å². The summed E-state index contributed by atoms with van der Waals surface area (Å²) in [5, 5.41) is 11.6. The first-order valence-electron chi connectivity index (χ1n) is 11.5. The number of benzene rings is 3. The number of rotatable bonds is 7. The van der Waals surface area contributed by atoms with Crippen LogP contribution in [-0.4, -0.2) is 32.2 Å². The number of H-pyrrole nitrogens is 1. The van der Waals surface area contributed by atoms with Crippen LogP contribution in [0.3, 0.4) is 0 Å². The van der Waals surface area contributed by atoms with Crippen LogP contribution in [0.1, 0.15) is 36.5 Å². The molecule has 0 aliphatic heterocycles.